The van der Waals surface area contributed by atoms with Crippen molar-refractivity contribution in [3.05, 3.63) is 168 Å². The number of hydrogen-bond donors (Lipinski definition) is 0. The molecule has 0 bridgehead atoms. The zero-order valence-corrected chi connectivity index (χ0v) is 30.1. The lowest BCUT2D eigenvalue weighted by molar-refractivity contribution is 0.669. The van der Waals surface area contributed by atoms with Crippen LogP contribution in [0, 0.1) is 11.8 Å². The maximum atomic E-state index is 6.27. The number of benzene rings is 6. The van der Waals surface area contributed by atoms with Crippen LogP contribution in [0.5, 0.6) is 0 Å². The first-order chi connectivity index (χ1) is 26.6. The fourth-order valence-corrected chi connectivity index (χ4v) is 8.64. The van der Waals surface area contributed by atoms with Gasteiger partial charge < -0.3 is 4.42 Å². The van der Waals surface area contributed by atoms with Crippen LogP contribution in [0.25, 0.3) is 82.9 Å². The van der Waals surface area contributed by atoms with E-state index < -0.39 is 0 Å². The van der Waals surface area contributed by atoms with Crippen LogP contribution in [-0.2, 0) is 6.42 Å². The molecule has 2 unspecified atom stereocenters. The van der Waals surface area contributed by atoms with Gasteiger partial charge in [-0.1, -0.05) is 129 Å². The number of nitrogens with zero attached hydrogens (tertiary/aromatic N) is 4. The lowest BCUT2D eigenvalue weighted by Gasteiger charge is -2.22. The average Bonchev–Trinajstić information content (AvgIpc) is 3.76. The van der Waals surface area contributed by atoms with E-state index in [0.717, 1.165) is 68.1 Å². The molecule has 0 saturated heterocycles. The molecular weight excluding hydrogens is 661 g/mol. The van der Waals surface area contributed by atoms with Gasteiger partial charge in [-0.05, 0) is 87.7 Å². The fourth-order valence-electron chi connectivity index (χ4n) is 8.64. The SMILES string of the molecule is CC1C=CC(c2nc(-c3ccc4ccccc4c3)nc(-n3c4c(c5c6ccccc6ccc53)CC(C)C=C4c3ccc4oc5ccccc5c4c3)n2)=CC1. The van der Waals surface area contributed by atoms with E-state index in [0.29, 0.717) is 29.4 Å². The van der Waals surface area contributed by atoms with E-state index in [1.165, 1.54) is 32.7 Å². The molecule has 0 fully saturated rings. The first-order valence-corrected chi connectivity index (χ1v) is 18.9. The number of furan rings is 1. The van der Waals surface area contributed by atoms with Crippen LogP contribution in [0.15, 0.2) is 150 Å². The van der Waals surface area contributed by atoms with Crippen molar-refractivity contribution in [3.8, 4) is 17.3 Å². The molecule has 3 heterocycles. The van der Waals surface area contributed by atoms with Gasteiger partial charge in [0.1, 0.15) is 11.2 Å². The third kappa shape index (κ3) is 4.88. The monoisotopic (exact) mass is 696 g/mol. The number of aromatic nitrogens is 4. The van der Waals surface area contributed by atoms with Crippen molar-refractivity contribution in [1.82, 2.24) is 19.5 Å². The minimum absolute atomic E-state index is 0.323. The molecule has 11 rings (SSSR count). The standard InChI is InChI=1S/C49H36N4O/c1-29-15-17-33(18-16-29)47-50-48(36-20-19-31-9-3-4-11-34(31)27-36)52-49(51-47)53-42-23-21-32-10-5-6-12-37(32)45(42)41-26-30(2)25-39(46(41)53)35-22-24-44-40(28-35)38-13-7-8-14-43(38)54-44/h3-15,17-25,27-30H,16,26H2,1-2H3. The van der Waals surface area contributed by atoms with E-state index in [2.05, 4.69) is 152 Å². The van der Waals surface area contributed by atoms with E-state index in [1.807, 2.05) is 12.1 Å². The first-order valence-electron chi connectivity index (χ1n) is 18.9. The van der Waals surface area contributed by atoms with Gasteiger partial charge in [0, 0.05) is 32.9 Å². The van der Waals surface area contributed by atoms with E-state index >= 15 is 0 Å². The summed E-state index contributed by atoms with van der Waals surface area (Å²) in [5.74, 6) is 2.76. The Kier molecular flexibility index (Phi) is 6.87. The highest BCUT2D eigenvalue weighted by Gasteiger charge is 2.30. The van der Waals surface area contributed by atoms with Crippen molar-refractivity contribution in [2.45, 2.75) is 26.7 Å². The molecule has 2 atom stereocenters. The molecule has 54 heavy (non-hydrogen) atoms. The molecule has 258 valence electrons. The molecular formula is C49H36N4O. The largest absolute Gasteiger partial charge is 0.456 e. The van der Waals surface area contributed by atoms with E-state index in [1.54, 1.807) is 0 Å². The van der Waals surface area contributed by atoms with Crippen LogP contribution >= 0.6 is 0 Å². The van der Waals surface area contributed by atoms with Gasteiger partial charge in [-0.25, -0.2) is 4.98 Å². The Morgan fingerprint density at radius 3 is 2.24 bits per heavy atom. The van der Waals surface area contributed by atoms with Gasteiger partial charge in [0.15, 0.2) is 11.6 Å². The van der Waals surface area contributed by atoms with Crippen molar-refractivity contribution in [1.29, 1.82) is 0 Å². The molecule has 5 heteroatoms. The van der Waals surface area contributed by atoms with Crippen molar-refractivity contribution >= 4 is 65.5 Å². The van der Waals surface area contributed by atoms with Crippen LogP contribution in [-0.4, -0.2) is 19.5 Å². The first kappa shape index (κ1) is 31.0. The Morgan fingerprint density at radius 1 is 0.630 bits per heavy atom. The Labute approximate surface area is 312 Å². The Morgan fingerprint density at radius 2 is 1.37 bits per heavy atom. The number of hydrogen-bond acceptors (Lipinski definition) is 4. The molecule has 2 aliphatic carbocycles. The maximum Gasteiger partial charge on any atom is 0.238 e. The minimum atomic E-state index is 0.323. The average molecular weight is 697 g/mol. The van der Waals surface area contributed by atoms with Gasteiger partial charge in [0.2, 0.25) is 5.95 Å². The van der Waals surface area contributed by atoms with Crippen molar-refractivity contribution in [2.75, 3.05) is 0 Å². The normalized spacial score (nSPS) is 17.1. The van der Waals surface area contributed by atoms with Crippen LogP contribution < -0.4 is 0 Å². The molecule has 5 nitrogen and oxygen atoms in total. The smallest absolute Gasteiger partial charge is 0.238 e. The van der Waals surface area contributed by atoms with Crippen LogP contribution in [0.3, 0.4) is 0 Å². The molecule has 0 saturated carbocycles. The van der Waals surface area contributed by atoms with Crippen molar-refractivity contribution in [2.24, 2.45) is 11.8 Å². The third-order valence-corrected chi connectivity index (χ3v) is 11.3. The van der Waals surface area contributed by atoms with Gasteiger partial charge in [-0.2, -0.15) is 9.97 Å². The van der Waals surface area contributed by atoms with Crippen molar-refractivity contribution in [3.63, 3.8) is 0 Å². The summed E-state index contributed by atoms with van der Waals surface area (Å²) in [7, 11) is 0. The summed E-state index contributed by atoms with van der Waals surface area (Å²) in [6.07, 6.45) is 11.0. The van der Waals surface area contributed by atoms with Crippen LogP contribution in [0.4, 0.5) is 0 Å². The maximum absolute atomic E-state index is 6.27. The highest BCUT2D eigenvalue weighted by Crippen LogP contribution is 2.45. The van der Waals surface area contributed by atoms with Gasteiger partial charge in [-0.15, -0.1) is 0 Å². The van der Waals surface area contributed by atoms with E-state index in [4.69, 9.17) is 19.4 Å². The molecule has 3 aromatic heterocycles. The fraction of sp³-hybridized carbons (Fsp3) is 0.122. The summed E-state index contributed by atoms with van der Waals surface area (Å²) >= 11 is 0. The summed E-state index contributed by atoms with van der Waals surface area (Å²) in [6, 6.07) is 43.1. The molecule has 0 N–H and O–H groups in total. The minimum Gasteiger partial charge on any atom is -0.456 e. The van der Waals surface area contributed by atoms with Gasteiger partial charge in [0.05, 0.1) is 11.2 Å². The molecule has 6 aromatic carbocycles. The van der Waals surface area contributed by atoms with E-state index in [9.17, 15) is 0 Å². The van der Waals surface area contributed by atoms with Crippen molar-refractivity contribution < 1.29 is 4.42 Å². The quantitative estimate of drug-likeness (QED) is 0.184. The summed E-state index contributed by atoms with van der Waals surface area (Å²) in [4.78, 5) is 15.9. The molecule has 9 aromatic rings. The zero-order chi connectivity index (χ0) is 35.9. The van der Waals surface area contributed by atoms with Crippen LogP contribution in [0.2, 0.25) is 0 Å². The lowest BCUT2D eigenvalue weighted by atomic mass is 9.84. The Bertz CT molecular complexity index is 3100. The molecule has 0 spiro atoms. The van der Waals surface area contributed by atoms with Gasteiger partial charge >= 0.3 is 0 Å². The molecule has 2 aliphatic rings. The summed E-state index contributed by atoms with van der Waals surface area (Å²) in [5.41, 5.74) is 9.65. The summed E-state index contributed by atoms with van der Waals surface area (Å²) in [5, 5.41) is 8.30. The second-order valence-corrected chi connectivity index (χ2v) is 15.0. The second-order valence-electron chi connectivity index (χ2n) is 15.0. The number of rotatable bonds is 4. The third-order valence-electron chi connectivity index (χ3n) is 11.3. The van der Waals surface area contributed by atoms with Gasteiger partial charge in [-0.3, -0.25) is 4.57 Å². The Hall–Kier alpha value is -6.59. The highest BCUT2D eigenvalue weighted by atomic mass is 16.3. The Balaban J connectivity index is 1.21. The predicted octanol–water partition coefficient (Wildman–Crippen LogP) is 12.3. The van der Waals surface area contributed by atoms with E-state index in [-0.39, 0.29) is 0 Å². The topological polar surface area (TPSA) is 56.7 Å². The molecule has 0 radical (unpaired) electrons. The molecule has 0 amide bonds. The number of fused-ring (bicyclic) bond motifs is 9. The van der Waals surface area contributed by atoms with Crippen LogP contribution in [0.1, 0.15) is 42.9 Å². The molecule has 0 aliphatic heterocycles. The second kappa shape index (κ2) is 12.0. The predicted molar refractivity (Wildman–Crippen MR) is 222 cm³/mol. The zero-order valence-electron chi connectivity index (χ0n) is 30.1. The van der Waals surface area contributed by atoms with Gasteiger partial charge in [0.25, 0.3) is 0 Å². The number of para-hydroxylation sites is 1. The highest BCUT2D eigenvalue weighted by molar-refractivity contribution is 6.12. The summed E-state index contributed by atoms with van der Waals surface area (Å²) < 4.78 is 8.59. The lowest BCUT2D eigenvalue weighted by Crippen LogP contribution is -2.14. The number of allylic oxidation sites excluding steroid dienone is 5. The summed E-state index contributed by atoms with van der Waals surface area (Å²) in [6.45, 7) is 4.56.